The van der Waals surface area contributed by atoms with E-state index in [4.69, 9.17) is 4.42 Å². The van der Waals surface area contributed by atoms with Gasteiger partial charge in [-0.25, -0.2) is 0 Å². The van der Waals surface area contributed by atoms with Crippen molar-refractivity contribution in [1.29, 1.82) is 0 Å². The van der Waals surface area contributed by atoms with Gasteiger partial charge in [0.15, 0.2) is 5.78 Å². The Labute approximate surface area is 269 Å². The maximum absolute atomic E-state index is 14.5. The summed E-state index contributed by atoms with van der Waals surface area (Å²) in [5, 5.41) is 3.18. The number of ketones is 1. The molecule has 7 rings (SSSR count). The molecule has 1 aliphatic carbocycles. The smallest absolute Gasteiger partial charge is 0.254 e. The molecule has 228 valence electrons. The molecule has 0 radical (unpaired) electrons. The van der Waals surface area contributed by atoms with E-state index in [0.717, 1.165) is 63.4 Å². The van der Waals surface area contributed by atoms with Crippen molar-refractivity contribution >= 4 is 23.1 Å². The van der Waals surface area contributed by atoms with Crippen LogP contribution in [0.3, 0.4) is 0 Å². The van der Waals surface area contributed by atoms with E-state index >= 15 is 0 Å². The van der Waals surface area contributed by atoms with Gasteiger partial charge in [-0.15, -0.1) is 0 Å². The standard InChI is InChI=1S/C41H36N2O3/c1-26-14-7-11-20-32(26)42-41(45)38-28(3)43(33-21-12-8-15-27(33)2)34-22-13-23-35(44)39(34)40(38)37-25-24-36(46-37)31-19-10-9-18-30(31)29-16-5-4-6-17-29/h4-12,14-21,24-25,40H,13,22-23H2,1-3H3,(H,42,45). The van der Waals surface area contributed by atoms with E-state index in [9.17, 15) is 9.59 Å². The summed E-state index contributed by atoms with van der Waals surface area (Å²) < 4.78 is 6.72. The van der Waals surface area contributed by atoms with Gasteiger partial charge >= 0.3 is 0 Å². The summed E-state index contributed by atoms with van der Waals surface area (Å²) in [4.78, 5) is 30.6. The average Bonchev–Trinajstić information content (AvgIpc) is 3.56. The fourth-order valence-electron chi connectivity index (χ4n) is 6.93. The molecule has 2 heterocycles. The second-order valence-corrected chi connectivity index (χ2v) is 12.1. The molecular weight excluding hydrogens is 568 g/mol. The third-order valence-electron chi connectivity index (χ3n) is 9.18. The minimum atomic E-state index is -0.648. The van der Waals surface area contributed by atoms with Crippen molar-refractivity contribution in [3.05, 3.63) is 155 Å². The number of para-hydroxylation sites is 2. The lowest BCUT2D eigenvalue weighted by Gasteiger charge is -2.41. The maximum atomic E-state index is 14.5. The average molecular weight is 605 g/mol. The number of nitrogens with zero attached hydrogens (tertiary/aromatic N) is 1. The lowest BCUT2D eigenvalue weighted by molar-refractivity contribution is -0.116. The lowest BCUT2D eigenvalue weighted by Crippen LogP contribution is -2.38. The van der Waals surface area contributed by atoms with Crippen LogP contribution in [-0.2, 0) is 9.59 Å². The largest absolute Gasteiger partial charge is 0.460 e. The van der Waals surface area contributed by atoms with Crippen molar-refractivity contribution in [1.82, 2.24) is 0 Å². The number of rotatable bonds is 6. The second kappa shape index (κ2) is 12.2. The lowest BCUT2D eigenvalue weighted by atomic mass is 9.76. The van der Waals surface area contributed by atoms with Crippen LogP contribution in [-0.4, -0.2) is 11.7 Å². The number of benzene rings is 4. The van der Waals surface area contributed by atoms with Crippen LogP contribution in [0.5, 0.6) is 0 Å². The summed E-state index contributed by atoms with van der Waals surface area (Å²) >= 11 is 0. The maximum Gasteiger partial charge on any atom is 0.254 e. The molecule has 0 spiro atoms. The number of hydrogen-bond donors (Lipinski definition) is 1. The molecule has 1 atom stereocenters. The third-order valence-corrected chi connectivity index (χ3v) is 9.18. The van der Waals surface area contributed by atoms with E-state index < -0.39 is 5.92 Å². The molecule has 1 amide bonds. The molecule has 1 aliphatic heterocycles. The fraction of sp³-hybridized carbons (Fsp3) is 0.171. The number of furan rings is 1. The molecule has 1 aromatic heterocycles. The Morgan fingerprint density at radius 2 is 1.41 bits per heavy atom. The minimum Gasteiger partial charge on any atom is -0.460 e. The Hall–Kier alpha value is -5.42. The molecule has 0 bridgehead atoms. The Morgan fingerprint density at radius 3 is 2.17 bits per heavy atom. The molecule has 5 aromatic rings. The van der Waals surface area contributed by atoms with Gasteiger partial charge in [0.1, 0.15) is 11.5 Å². The first-order valence-electron chi connectivity index (χ1n) is 15.9. The van der Waals surface area contributed by atoms with Crippen molar-refractivity contribution in [3.8, 4) is 22.5 Å². The molecule has 0 saturated carbocycles. The van der Waals surface area contributed by atoms with Gasteiger partial charge in [-0.3, -0.25) is 9.59 Å². The molecule has 5 nitrogen and oxygen atoms in total. The summed E-state index contributed by atoms with van der Waals surface area (Å²) in [6.45, 7) is 6.03. The molecule has 46 heavy (non-hydrogen) atoms. The Kier molecular flexibility index (Phi) is 7.75. The van der Waals surface area contributed by atoms with Crippen molar-refractivity contribution in [2.24, 2.45) is 0 Å². The van der Waals surface area contributed by atoms with Crippen molar-refractivity contribution in [2.45, 2.75) is 46.0 Å². The molecular formula is C41H36N2O3. The number of carbonyl (C=O) groups is 2. The first kappa shape index (κ1) is 29.3. The van der Waals surface area contributed by atoms with Crippen LogP contribution in [0.1, 0.15) is 49.0 Å². The van der Waals surface area contributed by atoms with Crippen LogP contribution in [0.4, 0.5) is 11.4 Å². The number of anilines is 2. The monoisotopic (exact) mass is 604 g/mol. The van der Waals surface area contributed by atoms with Crippen LogP contribution < -0.4 is 10.2 Å². The number of Topliss-reactive ketones (excluding diaryl/α,β-unsaturated/α-hetero) is 1. The predicted molar refractivity (Wildman–Crippen MR) is 184 cm³/mol. The van der Waals surface area contributed by atoms with E-state index in [0.29, 0.717) is 29.1 Å². The van der Waals surface area contributed by atoms with Crippen LogP contribution in [0.2, 0.25) is 0 Å². The predicted octanol–water partition coefficient (Wildman–Crippen LogP) is 9.75. The molecule has 0 saturated heterocycles. The fourth-order valence-corrected chi connectivity index (χ4v) is 6.93. The highest BCUT2D eigenvalue weighted by molar-refractivity contribution is 6.11. The van der Waals surface area contributed by atoms with Gasteiger partial charge in [0, 0.05) is 40.3 Å². The van der Waals surface area contributed by atoms with Crippen molar-refractivity contribution in [2.75, 3.05) is 10.2 Å². The molecule has 2 aliphatic rings. The van der Waals surface area contributed by atoms with Crippen LogP contribution in [0, 0.1) is 13.8 Å². The molecule has 4 aromatic carbocycles. The number of allylic oxidation sites excluding steroid dienone is 3. The van der Waals surface area contributed by atoms with Gasteiger partial charge < -0.3 is 14.6 Å². The van der Waals surface area contributed by atoms with Gasteiger partial charge in [-0.1, -0.05) is 91.0 Å². The number of carbonyl (C=O) groups excluding carboxylic acids is 2. The minimum absolute atomic E-state index is 0.0566. The highest BCUT2D eigenvalue weighted by Gasteiger charge is 2.43. The number of nitrogens with one attached hydrogen (secondary N) is 1. The highest BCUT2D eigenvalue weighted by Crippen LogP contribution is 2.49. The van der Waals surface area contributed by atoms with E-state index in [1.807, 2.05) is 92.7 Å². The zero-order valence-corrected chi connectivity index (χ0v) is 26.3. The molecule has 0 fully saturated rings. The first-order valence-corrected chi connectivity index (χ1v) is 15.9. The van der Waals surface area contributed by atoms with Gasteiger partial charge in [0.2, 0.25) is 0 Å². The van der Waals surface area contributed by atoms with Crippen molar-refractivity contribution in [3.63, 3.8) is 0 Å². The summed E-state index contributed by atoms with van der Waals surface area (Å²) in [5.74, 6) is 0.436. The molecule has 1 unspecified atom stereocenters. The Morgan fingerprint density at radius 1 is 0.739 bits per heavy atom. The Balaban J connectivity index is 1.41. The Bertz CT molecular complexity index is 2030. The molecule has 5 heteroatoms. The third kappa shape index (κ3) is 5.18. The SMILES string of the molecule is CC1=C(C(=O)Nc2ccccc2C)C(c2ccc(-c3ccccc3-c3ccccc3)o2)C2=C(CCCC2=O)N1c1ccccc1C. The summed E-state index contributed by atoms with van der Waals surface area (Å²) in [6.07, 6.45) is 1.94. The summed E-state index contributed by atoms with van der Waals surface area (Å²) in [7, 11) is 0. The highest BCUT2D eigenvalue weighted by atomic mass is 16.3. The van der Waals surface area contributed by atoms with Gasteiger partial charge in [-0.2, -0.15) is 0 Å². The number of aryl methyl sites for hydroxylation is 2. The van der Waals surface area contributed by atoms with Crippen LogP contribution in [0.25, 0.3) is 22.5 Å². The van der Waals surface area contributed by atoms with Crippen molar-refractivity contribution < 1.29 is 14.0 Å². The van der Waals surface area contributed by atoms with Crippen LogP contribution >= 0.6 is 0 Å². The topological polar surface area (TPSA) is 62.6 Å². The van der Waals surface area contributed by atoms with E-state index in [2.05, 4.69) is 53.5 Å². The second-order valence-electron chi connectivity index (χ2n) is 12.1. The first-order chi connectivity index (χ1) is 22.4. The van der Waals surface area contributed by atoms with E-state index in [1.165, 1.54) is 0 Å². The summed E-state index contributed by atoms with van der Waals surface area (Å²) in [5.41, 5.74) is 9.73. The van der Waals surface area contributed by atoms with E-state index in [-0.39, 0.29) is 11.7 Å². The number of hydrogen-bond acceptors (Lipinski definition) is 4. The van der Waals surface area contributed by atoms with Gasteiger partial charge in [0.25, 0.3) is 5.91 Å². The zero-order valence-electron chi connectivity index (χ0n) is 26.3. The number of amides is 1. The van der Waals surface area contributed by atoms with E-state index in [1.54, 1.807) is 0 Å². The quantitative estimate of drug-likeness (QED) is 0.210. The van der Waals surface area contributed by atoms with Gasteiger partial charge in [0.05, 0.1) is 11.5 Å². The van der Waals surface area contributed by atoms with Gasteiger partial charge in [-0.05, 0) is 80.1 Å². The summed E-state index contributed by atoms with van der Waals surface area (Å²) in [6, 6.07) is 38.2. The normalized spacial score (nSPS) is 16.5. The van der Waals surface area contributed by atoms with Crippen LogP contribution in [0.15, 0.2) is 142 Å². The zero-order chi connectivity index (χ0) is 31.8. The molecule has 1 N–H and O–H groups in total.